The van der Waals surface area contributed by atoms with Crippen LogP contribution in [-0.2, 0) is 6.18 Å². The summed E-state index contributed by atoms with van der Waals surface area (Å²) in [6.07, 6.45) is -4.51. The Morgan fingerprint density at radius 3 is 2.28 bits per heavy atom. The van der Waals surface area contributed by atoms with E-state index in [1.165, 1.54) is 24.1 Å². The van der Waals surface area contributed by atoms with Gasteiger partial charge in [0.25, 0.3) is 5.91 Å². The summed E-state index contributed by atoms with van der Waals surface area (Å²) in [5.41, 5.74) is -0.354. The average molecular weight is 407 g/mol. The molecule has 0 aliphatic carbocycles. The molecule has 1 N–H and O–H groups in total. The predicted molar refractivity (Wildman–Crippen MR) is 101 cm³/mol. The van der Waals surface area contributed by atoms with Gasteiger partial charge in [0.1, 0.15) is 5.75 Å². The first-order valence-electron chi connectivity index (χ1n) is 8.95. The Bertz CT molecular complexity index is 894. The van der Waals surface area contributed by atoms with Crippen LogP contribution in [0.5, 0.6) is 5.75 Å². The first-order chi connectivity index (χ1) is 13.8. The normalized spacial score (nSPS) is 14.5. The van der Waals surface area contributed by atoms with Crippen molar-refractivity contribution in [2.45, 2.75) is 6.18 Å². The van der Waals surface area contributed by atoms with Crippen molar-refractivity contribution in [3.8, 4) is 5.75 Å². The highest BCUT2D eigenvalue weighted by atomic mass is 19.4. The highest BCUT2D eigenvalue weighted by molar-refractivity contribution is 5.95. The van der Waals surface area contributed by atoms with Gasteiger partial charge in [0, 0.05) is 31.7 Å². The molecule has 3 rings (SSSR count). The van der Waals surface area contributed by atoms with Crippen LogP contribution in [0.25, 0.3) is 0 Å². The topological polar surface area (TPSA) is 61.9 Å². The van der Waals surface area contributed by atoms with Gasteiger partial charge in [0.2, 0.25) is 0 Å². The smallest absolute Gasteiger partial charge is 0.416 e. The van der Waals surface area contributed by atoms with Gasteiger partial charge < -0.3 is 19.9 Å². The summed E-state index contributed by atoms with van der Waals surface area (Å²) in [5, 5.41) is 2.76. The number of benzene rings is 2. The Morgan fingerprint density at radius 1 is 0.966 bits per heavy atom. The molecular weight excluding hydrogens is 387 g/mol. The van der Waals surface area contributed by atoms with Gasteiger partial charge >= 0.3 is 12.2 Å². The second kappa shape index (κ2) is 8.42. The number of hydrogen-bond donors (Lipinski definition) is 1. The van der Waals surface area contributed by atoms with Crippen molar-refractivity contribution in [2.75, 3.05) is 38.6 Å². The largest absolute Gasteiger partial charge is 0.495 e. The number of alkyl halides is 3. The molecule has 1 aliphatic heterocycles. The van der Waals surface area contributed by atoms with Gasteiger partial charge in [-0.25, -0.2) is 4.79 Å². The van der Waals surface area contributed by atoms with E-state index in [2.05, 4.69) is 5.32 Å². The summed E-state index contributed by atoms with van der Waals surface area (Å²) in [6.45, 7) is 1.00. The molecule has 0 bridgehead atoms. The minimum atomic E-state index is -4.51. The zero-order valence-electron chi connectivity index (χ0n) is 15.7. The number of rotatable bonds is 3. The van der Waals surface area contributed by atoms with Crippen LogP contribution in [0.1, 0.15) is 15.9 Å². The van der Waals surface area contributed by atoms with E-state index >= 15 is 0 Å². The Labute approximate surface area is 165 Å². The lowest BCUT2D eigenvalue weighted by Gasteiger charge is -2.35. The third-order valence-corrected chi connectivity index (χ3v) is 4.64. The minimum Gasteiger partial charge on any atom is -0.495 e. The number of carbonyl (C=O) groups is 2. The molecule has 2 aromatic rings. The van der Waals surface area contributed by atoms with E-state index in [0.717, 1.165) is 12.1 Å². The van der Waals surface area contributed by atoms with Gasteiger partial charge in [-0.2, -0.15) is 13.2 Å². The number of amides is 3. The molecule has 0 saturated carbocycles. The second-order valence-electron chi connectivity index (χ2n) is 6.49. The standard InChI is InChI=1S/C20H20F3N3O3/c1-29-17-8-3-2-7-16(17)24-19(28)26-11-9-25(10-12-26)18(27)14-5-4-6-15(13-14)20(21,22)23/h2-8,13H,9-12H2,1H3,(H,24,28). The van der Waals surface area contributed by atoms with Crippen LogP contribution in [0.4, 0.5) is 23.7 Å². The highest BCUT2D eigenvalue weighted by Gasteiger charge is 2.32. The second-order valence-corrected chi connectivity index (χ2v) is 6.49. The zero-order valence-corrected chi connectivity index (χ0v) is 15.7. The van der Waals surface area contributed by atoms with Crippen LogP contribution in [0.3, 0.4) is 0 Å². The fourth-order valence-electron chi connectivity index (χ4n) is 3.07. The molecule has 0 atom stereocenters. The molecule has 29 heavy (non-hydrogen) atoms. The number of anilines is 1. The van der Waals surface area contributed by atoms with Crippen molar-refractivity contribution in [1.29, 1.82) is 0 Å². The van der Waals surface area contributed by atoms with Crippen LogP contribution in [0.2, 0.25) is 0 Å². The monoisotopic (exact) mass is 407 g/mol. The average Bonchev–Trinajstić information content (AvgIpc) is 2.73. The number of hydrogen-bond acceptors (Lipinski definition) is 3. The summed E-state index contributed by atoms with van der Waals surface area (Å²) in [6, 6.07) is 11.0. The lowest BCUT2D eigenvalue weighted by atomic mass is 10.1. The number of carbonyl (C=O) groups excluding carboxylic acids is 2. The Morgan fingerprint density at radius 2 is 1.62 bits per heavy atom. The van der Waals surface area contributed by atoms with Crippen molar-refractivity contribution in [1.82, 2.24) is 9.80 Å². The van der Waals surface area contributed by atoms with E-state index in [1.54, 1.807) is 29.2 Å². The van der Waals surface area contributed by atoms with E-state index in [9.17, 15) is 22.8 Å². The van der Waals surface area contributed by atoms with Gasteiger partial charge in [-0.1, -0.05) is 18.2 Å². The predicted octanol–water partition coefficient (Wildman–Crippen LogP) is 3.70. The summed E-state index contributed by atoms with van der Waals surface area (Å²) in [5.74, 6) is 0.0418. The van der Waals surface area contributed by atoms with Crippen molar-refractivity contribution in [3.05, 3.63) is 59.7 Å². The van der Waals surface area contributed by atoms with E-state index in [4.69, 9.17) is 4.74 Å². The lowest BCUT2D eigenvalue weighted by molar-refractivity contribution is -0.137. The molecule has 6 nitrogen and oxygen atoms in total. The first kappa shape index (κ1) is 20.5. The van der Waals surface area contributed by atoms with Gasteiger partial charge in [-0.05, 0) is 30.3 Å². The number of urea groups is 1. The maximum atomic E-state index is 12.9. The highest BCUT2D eigenvalue weighted by Crippen LogP contribution is 2.30. The molecule has 1 fully saturated rings. The lowest BCUT2D eigenvalue weighted by Crippen LogP contribution is -2.51. The first-order valence-corrected chi connectivity index (χ1v) is 8.95. The van der Waals surface area contributed by atoms with Crippen LogP contribution >= 0.6 is 0 Å². The fraction of sp³-hybridized carbons (Fsp3) is 0.300. The Hall–Kier alpha value is -3.23. The summed E-state index contributed by atoms with van der Waals surface area (Å²) in [4.78, 5) is 28.0. The number of nitrogens with one attached hydrogen (secondary N) is 1. The van der Waals surface area contributed by atoms with Crippen LogP contribution in [0, 0.1) is 0 Å². The third kappa shape index (κ3) is 4.79. The van der Waals surface area contributed by atoms with Crippen molar-refractivity contribution in [2.24, 2.45) is 0 Å². The number of para-hydroxylation sites is 2. The zero-order chi connectivity index (χ0) is 21.0. The molecule has 9 heteroatoms. The van der Waals surface area contributed by atoms with Crippen LogP contribution in [0.15, 0.2) is 48.5 Å². The SMILES string of the molecule is COc1ccccc1NC(=O)N1CCN(C(=O)c2cccc(C(F)(F)F)c2)CC1. The molecule has 1 saturated heterocycles. The summed E-state index contributed by atoms with van der Waals surface area (Å²) in [7, 11) is 1.50. The molecule has 0 radical (unpaired) electrons. The van der Waals surface area contributed by atoms with Crippen molar-refractivity contribution < 1.29 is 27.5 Å². The van der Waals surface area contributed by atoms with Gasteiger partial charge in [-0.3, -0.25) is 4.79 Å². The summed E-state index contributed by atoms with van der Waals surface area (Å²) < 4.78 is 43.8. The summed E-state index contributed by atoms with van der Waals surface area (Å²) >= 11 is 0. The van der Waals surface area contributed by atoms with Crippen molar-refractivity contribution >= 4 is 17.6 Å². The molecular formula is C20H20F3N3O3. The molecule has 0 spiro atoms. The number of ether oxygens (including phenoxy) is 1. The number of nitrogens with zero attached hydrogens (tertiary/aromatic N) is 2. The molecule has 2 aromatic carbocycles. The Balaban J connectivity index is 1.60. The molecule has 1 aliphatic rings. The molecule has 0 aromatic heterocycles. The quantitative estimate of drug-likeness (QED) is 0.844. The van der Waals surface area contributed by atoms with Gasteiger partial charge in [0.15, 0.2) is 0 Å². The number of piperazine rings is 1. The fourth-order valence-corrected chi connectivity index (χ4v) is 3.07. The van der Waals surface area contributed by atoms with E-state index in [0.29, 0.717) is 11.4 Å². The maximum Gasteiger partial charge on any atom is 0.416 e. The molecule has 154 valence electrons. The molecule has 0 unspecified atom stereocenters. The molecule has 3 amide bonds. The Kier molecular flexibility index (Phi) is 5.95. The number of halogens is 3. The van der Waals surface area contributed by atoms with E-state index < -0.39 is 17.6 Å². The number of methoxy groups -OCH3 is 1. The van der Waals surface area contributed by atoms with E-state index in [-0.39, 0.29) is 37.8 Å². The van der Waals surface area contributed by atoms with Crippen LogP contribution < -0.4 is 10.1 Å². The maximum absolute atomic E-state index is 12.9. The molecule has 1 heterocycles. The van der Waals surface area contributed by atoms with Gasteiger partial charge in [-0.15, -0.1) is 0 Å². The van der Waals surface area contributed by atoms with Gasteiger partial charge in [0.05, 0.1) is 18.4 Å². The van der Waals surface area contributed by atoms with Crippen LogP contribution in [-0.4, -0.2) is 55.0 Å². The third-order valence-electron chi connectivity index (χ3n) is 4.64. The van der Waals surface area contributed by atoms with Crippen molar-refractivity contribution in [3.63, 3.8) is 0 Å². The van der Waals surface area contributed by atoms with E-state index in [1.807, 2.05) is 0 Å². The minimum absolute atomic E-state index is 0.0215.